The highest BCUT2D eigenvalue weighted by atomic mass is 32.1. The second-order valence-corrected chi connectivity index (χ2v) is 5.24. The van der Waals surface area contributed by atoms with E-state index in [2.05, 4.69) is 4.98 Å². The van der Waals surface area contributed by atoms with Crippen molar-refractivity contribution < 1.29 is 14.7 Å². The molecule has 0 aliphatic carbocycles. The van der Waals surface area contributed by atoms with Gasteiger partial charge in [0.15, 0.2) is 0 Å². The third-order valence-electron chi connectivity index (χ3n) is 2.93. The number of carboxylic acids is 1. The quantitative estimate of drug-likeness (QED) is 0.876. The first-order valence-corrected chi connectivity index (χ1v) is 6.36. The van der Waals surface area contributed by atoms with E-state index in [1.54, 1.807) is 22.4 Å². The Morgan fingerprint density at radius 3 is 3.06 bits per heavy atom. The molecule has 17 heavy (non-hydrogen) atoms. The number of carboxylic acid groups (broad SMARTS) is 1. The number of carbonyl (C=O) groups is 2. The van der Waals surface area contributed by atoms with Crippen LogP contribution >= 0.6 is 11.3 Å². The Labute approximate surface area is 103 Å². The summed E-state index contributed by atoms with van der Waals surface area (Å²) in [6.07, 6.45) is 1.86. The molecule has 1 saturated heterocycles. The lowest BCUT2D eigenvalue weighted by Crippen LogP contribution is -2.30. The van der Waals surface area contributed by atoms with E-state index in [0.717, 1.165) is 5.01 Å². The van der Waals surface area contributed by atoms with Crippen LogP contribution < -0.4 is 0 Å². The van der Waals surface area contributed by atoms with E-state index in [1.165, 1.54) is 0 Å². The van der Waals surface area contributed by atoms with E-state index < -0.39 is 11.9 Å². The minimum atomic E-state index is -0.886. The van der Waals surface area contributed by atoms with E-state index in [9.17, 15) is 9.59 Å². The van der Waals surface area contributed by atoms with Crippen molar-refractivity contribution in [3.05, 3.63) is 16.6 Å². The fourth-order valence-electron chi connectivity index (χ4n) is 2.00. The van der Waals surface area contributed by atoms with Crippen molar-refractivity contribution in [3.63, 3.8) is 0 Å². The Morgan fingerprint density at radius 1 is 1.76 bits per heavy atom. The maximum atomic E-state index is 11.6. The van der Waals surface area contributed by atoms with Crippen LogP contribution in [0.4, 0.5) is 0 Å². The van der Waals surface area contributed by atoms with Crippen molar-refractivity contribution in [2.45, 2.75) is 19.3 Å². The van der Waals surface area contributed by atoms with Gasteiger partial charge in [-0.1, -0.05) is 6.92 Å². The molecule has 0 bridgehead atoms. The van der Waals surface area contributed by atoms with Crippen LogP contribution in [0, 0.1) is 5.92 Å². The van der Waals surface area contributed by atoms with Gasteiger partial charge in [0, 0.05) is 37.0 Å². The molecule has 2 rings (SSSR count). The highest BCUT2D eigenvalue weighted by Gasteiger charge is 2.34. The molecule has 2 atom stereocenters. The molecule has 1 aromatic heterocycles. The van der Waals surface area contributed by atoms with Crippen LogP contribution in [-0.2, 0) is 9.59 Å². The normalized spacial score (nSPS) is 21.8. The number of aliphatic carboxylic acids is 1. The van der Waals surface area contributed by atoms with Gasteiger partial charge in [-0.2, -0.15) is 0 Å². The van der Waals surface area contributed by atoms with Crippen molar-refractivity contribution in [1.82, 2.24) is 9.88 Å². The Morgan fingerprint density at radius 2 is 2.53 bits per heavy atom. The molecule has 1 aromatic rings. The van der Waals surface area contributed by atoms with Crippen molar-refractivity contribution in [2.75, 3.05) is 13.1 Å². The summed E-state index contributed by atoms with van der Waals surface area (Å²) in [5.41, 5.74) is 0. The maximum absolute atomic E-state index is 11.6. The van der Waals surface area contributed by atoms with E-state index in [0.29, 0.717) is 13.1 Å². The van der Waals surface area contributed by atoms with E-state index in [-0.39, 0.29) is 18.2 Å². The van der Waals surface area contributed by atoms with Crippen LogP contribution in [0.15, 0.2) is 11.6 Å². The van der Waals surface area contributed by atoms with E-state index in [1.807, 2.05) is 12.3 Å². The minimum Gasteiger partial charge on any atom is -0.481 e. The van der Waals surface area contributed by atoms with Gasteiger partial charge in [-0.05, 0) is 0 Å². The lowest BCUT2D eigenvalue weighted by Gasteiger charge is -2.19. The first-order valence-electron chi connectivity index (χ1n) is 5.48. The number of rotatable bonds is 4. The van der Waals surface area contributed by atoms with Crippen molar-refractivity contribution in [2.24, 2.45) is 5.92 Å². The van der Waals surface area contributed by atoms with Crippen LogP contribution in [0.3, 0.4) is 0 Å². The first-order chi connectivity index (χ1) is 8.08. The molecule has 2 heterocycles. The van der Waals surface area contributed by atoms with Gasteiger partial charge < -0.3 is 10.0 Å². The number of amides is 1. The van der Waals surface area contributed by atoms with Crippen LogP contribution in [-0.4, -0.2) is 40.0 Å². The van der Waals surface area contributed by atoms with E-state index >= 15 is 0 Å². The average Bonchev–Trinajstić information content (AvgIpc) is 2.88. The fraction of sp³-hybridized carbons (Fsp3) is 0.545. The summed E-state index contributed by atoms with van der Waals surface area (Å²) in [5, 5.41) is 11.8. The molecule has 0 spiro atoms. The SMILES string of the molecule is CC(CN1CC(C(=O)O)CC1=O)c1nccs1. The fourth-order valence-corrected chi connectivity index (χ4v) is 2.69. The summed E-state index contributed by atoms with van der Waals surface area (Å²) in [6.45, 7) is 2.88. The number of nitrogens with zero attached hydrogens (tertiary/aromatic N) is 2. The van der Waals surface area contributed by atoms with Crippen LogP contribution in [0.25, 0.3) is 0 Å². The smallest absolute Gasteiger partial charge is 0.308 e. The number of thiazole rings is 1. The predicted molar refractivity (Wildman–Crippen MR) is 62.9 cm³/mol. The third kappa shape index (κ3) is 2.63. The third-order valence-corrected chi connectivity index (χ3v) is 3.94. The summed E-state index contributed by atoms with van der Waals surface area (Å²) in [4.78, 5) is 28.3. The van der Waals surface area contributed by atoms with E-state index in [4.69, 9.17) is 5.11 Å². The highest BCUT2D eigenvalue weighted by molar-refractivity contribution is 7.09. The molecule has 0 aromatic carbocycles. The molecule has 0 radical (unpaired) electrons. The van der Waals surface area contributed by atoms with Gasteiger partial charge in [0.1, 0.15) is 0 Å². The first kappa shape index (κ1) is 12.0. The molecular formula is C11H14N2O3S. The molecule has 5 nitrogen and oxygen atoms in total. The highest BCUT2D eigenvalue weighted by Crippen LogP contribution is 2.24. The summed E-state index contributed by atoms with van der Waals surface area (Å²) in [6, 6.07) is 0. The van der Waals surface area contributed by atoms with Gasteiger partial charge in [0.2, 0.25) is 5.91 Å². The second-order valence-electron chi connectivity index (χ2n) is 4.31. The second kappa shape index (κ2) is 4.83. The van der Waals surface area contributed by atoms with Gasteiger partial charge in [-0.3, -0.25) is 9.59 Å². The van der Waals surface area contributed by atoms with Crippen molar-refractivity contribution in [3.8, 4) is 0 Å². The zero-order valence-corrected chi connectivity index (χ0v) is 10.3. The topological polar surface area (TPSA) is 70.5 Å². The minimum absolute atomic E-state index is 0.0687. The molecular weight excluding hydrogens is 240 g/mol. The molecule has 6 heteroatoms. The number of hydrogen-bond donors (Lipinski definition) is 1. The summed E-state index contributed by atoms with van der Waals surface area (Å²) in [7, 11) is 0. The van der Waals surface area contributed by atoms with Crippen LogP contribution in [0.1, 0.15) is 24.3 Å². The Kier molecular flexibility index (Phi) is 3.42. The molecule has 1 aliphatic heterocycles. The van der Waals surface area contributed by atoms with Gasteiger partial charge >= 0.3 is 5.97 Å². The maximum Gasteiger partial charge on any atom is 0.308 e. The molecule has 1 aliphatic rings. The molecule has 0 saturated carbocycles. The number of hydrogen-bond acceptors (Lipinski definition) is 4. The molecule has 2 unspecified atom stereocenters. The van der Waals surface area contributed by atoms with Gasteiger partial charge in [0.25, 0.3) is 0 Å². The summed E-state index contributed by atoms with van der Waals surface area (Å²) >= 11 is 1.56. The van der Waals surface area contributed by atoms with Gasteiger partial charge in [-0.25, -0.2) is 4.98 Å². The number of carbonyl (C=O) groups excluding carboxylic acids is 1. The molecule has 1 N–H and O–H groups in total. The lowest BCUT2D eigenvalue weighted by molar-refractivity contribution is -0.141. The van der Waals surface area contributed by atoms with Crippen molar-refractivity contribution in [1.29, 1.82) is 0 Å². The Bertz CT molecular complexity index is 418. The number of likely N-dealkylation sites (tertiary alicyclic amines) is 1. The predicted octanol–water partition coefficient (Wildman–Crippen LogP) is 1.18. The standard InChI is InChI=1S/C11H14N2O3S/c1-7(10-12-2-3-17-10)5-13-6-8(11(15)16)4-9(13)14/h2-3,7-8H,4-6H2,1H3,(H,15,16). The zero-order valence-electron chi connectivity index (χ0n) is 9.50. The summed E-state index contributed by atoms with van der Waals surface area (Å²) in [5.74, 6) is -1.35. The molecule has 1 fully saturated rings. The molecule has 1 amide bonds. The van der Waals surface area contributed by atoms with Crippen LogP contribution in [0.2, 0.25) is 0 Å². The Balaban J connectivity index is 1.96. The number of aromatic nitrogens is 1. The average molecular weight is 254 g/mol. The lowest BCUT2D eigenvalue weighted by atomic mass is 10.1. The molecule has 92 valence electrons. The largest absolute Gasteiger partial charge is 0.481 e. The van der Waals surface area contributed by atoms with Crippen LogP contribution in [0.5, 0.6) is 0 Å². The Hall–Kier alpha value is -1.43. The zero-order chi connectivity index (χ0) is 12.4. The van der Waals surface area contributed by atoms with Gasteiger partial charge in [0.05, 0.1) is 10.9 Å². The monoisotopic (exact) mass is 254 g/mol. The van der Waals surface area contributed by atoms with Crippen molar-refractivity contribution >= 4 is 23.2 Å². The van der Waals surface area contributed by atoms with Gasteiger partial charge in [-0.15, -0.1) is 11.3 Å². The summed E-state index contributed by atoms with van der Waals surface area (Å²) < 4.78 is 0.